The molecule has 0 unspecified atom stereocenters. The molecule has 0 radical (unpaired) electrons. The lowest BCUT2D eigenvalue weighted by Gasteiger charge is -2.28. The molecule has 1 aromatic rings. The number of halogens is 1. The Morgan fingerprint density at radius 1 is 1.17 bits per heavy atom. The van der Waals surface area contributed by atoms with Crippen molar-refractivity contribution in [1.29, 1.82) is 0 Å². The van der Waals surface area contributed by atoms with E-state index in [1.54, 1.807) is 0 Å². The lowest BCUT2D eigenvalue weighted by Crippen LogP contribution is -2.33. The minimum absolute atomic E-state index is 0.0564. The summed E-state index contributed by atoms with van der Waals surface area (Å²) in [5.74, 6) is 0. The fourth-order valence-electron chi connectivity index (χ4n) is 1.93. The minimum atomic E-state index is -0.0564. The van der Waals surface area contributed by atoms with Gasteiger partial charge in [0.15, 0.2) is 6.29 Å². The molecule has 100 valence electrons. The average Bonchev–Trinajstić information content (AvgIpc) is 2.45. The molecule has 1 aliphatic rings. The first-order valence-electron chi connectivity index (χ1n) is 6.33. The predicted molar refractivity (Wildman–Crippen MR) is 73.7 cm³/mol. The first kappa shape index (κ1) is 14.0. The number of alkyl halides is 1. The van der Waals surface area contributed by atoms with Gasteiger partial charge in [-0.15, -0.1) is 0 Å². The summed E-state index contributed by atoms with van der Waals surface area (Å²) in [5.41, 5.74) is 1.20. The van der Waals surface area contributed by atoms with Crippen LogP contribution >= 0.6 is 15.9 Å². The van der Waals surface area contributed by atoms with Crippen LogP contribution < -0.4 is 0 Å². The molecule has 2 atom stereocenters. The normalized spacial score (nSPS) is 24.1. The van der Waals surface area contributed by atoms with E-state index in [0.717, 1.165) is 18.2 Å². The smallest absolute Gasteiger partial charge is 0.157 e. The SMILES string of the molecule is BrCCO[C@@H]1CC[C@@H](OCc2ccccc2)CO1. The van der Waals surface area contributed by atoms with Gasteiger partial charge in [-0.2, -0.15) is 0 Å². The van der Waals surface area contributed by atoms with E-state index in [-0.39, 0.29) is 12.4 Å². The first-order chi connectivity index (χ1) is 8.88. The van der Waals surface area contributed by atoms with Crippen LogP contribution in [-0.2, 0) is 20.8 Å². The zero-order valence-corrected chi connectivity index (χ0v) is 12.0. The van der Waals surface area contributed by atoms with Crippen LogP contribution in [0.1, 0.15) is 18.4 Å². The molecule has 0 amide bonds. The molecule has 1 aromatic carbocycles. The minimum Gasteiger partial charge on any atom is -0.371 e. The molecule has 3 nitrogen and oxygen atoms in total. The van der Waals surface area contributed by atoms with Crippen LogP contribution in [0, 0.1) is 0 Å². The van der Waals surface area contributed by atoms with E-state index in [4.69, 9.17) is 14.2 Å². The van der Waals surface area contributed by atoms with Crippen molar-refractivity contribution in [2.45, 2.75) is 31.8 Å². The molecule has 0 aromatic heterocycles. The lowest BCUT2D eigenvalue weighted by atomic mass is 10.1. The van der Waals surface area contributed by atoms with Crippen molar-refractivity contribution in [2.24, 2.45) is 0 Å². The van der Waals surface area contributed by atoms with Gasteiger partial charge in [0, 0.05) is 11.8 Å². The highest BCUT2D eigenvalue weighted by Crippen LogP contribution is 2.18. The van der Waals surface area contributed by atoms with Crippen LogP contribution in [0.15, 0.2) is 30.3 Å². The topological polar surface area (TPSA) is 27.7 Å². The Hall–Kier alpha value is -0.420. The van der Waals surface area contributed by atoms with Crippen LogP contribution in [0.4, 0.5) is 0 Å². The van der Waals surface area contributed by atoms with E-state index >= 15 is 0 Å². The summed E-state index contributed by atoms with van der Waals surface area (Å²) in [4.78, 5) is 0. The van der Waals surface area contributed by atoms with Crippen molar-refractivity contribution in [3.63, 3.8) is 0 Å². The Morgan fingerprint density at radius 3 is 2.67 bits per heavy atom. The van der Waals surface area contributed by atoms with Gasteiger partial charge in [0.25, 0.3) is 0 Å². The molecule has 2 rings (SSSR count). The number of rotatable bonds is 6. The second-order valence-electron chi connectivity index (χ2n) is 4.32. The molecule has 1 aliphatic heterocycles. The predicted octanol–water partition coefficient (Wildman–Crippen LogP) is 3.12. The van der Waals surface area contributed by atoms with Crippen molar-refractivity contribution < 1.29 is 14.2 Å². The molecule has 0 bridgehead atoms. The van der Waals surface area contributed by atoms with Gasteiger partial charge >= 0.3 is 0 Å². The maximum atomic E-state index is 5.83. The van der Waals surface area contributed by atoms with E-state index in [1.165, 1.54) is 5.56 Å². The zero-order valence-electron chi connectivity index (χ0n) is 10.4. The highest BCUT2D eigenvalue weighted by atomic mass is 79.9. The summed E-state index contributed by atoms with van der Waals surface area (Å²) < 4.78 is 17.0. The standard InChI is InChI=1S/C14H19BrO3/c15-8-9-16-14-7-6-13(11-18-14)17-10-12-4-2-1-3-5-12/h1-5,13-14H,6-11H2/t13-,14+/m1/s1. The summed E-state index contributed by atoms with van der Waals surface area (Å²) in [5, 5.41) is 0.848. The average molecular weight is 315 g/mol. The Kier molecular flexibility index (Phi) is 6.14. The molecular weight excluding hydrogens is 296 g/mol. The summed E-state index contributed by atoms with van der Waals surface area (Å²) in [6, 6.07) is 10.2. The van der Waals surface area contributed by atoms with Crippen molar-refractivity contribution in [1.82, 2.24) is 0 Å². The largest absolute Gasteiger partial charge is 0.371 e. The number of hydrogen-bond donors (Lipinski definition) is 0. The van der Waals surface area contributed by atoms with Gasteiger partial charge in [0.2, 0.25) is 0 Å². The van der Waals surface area contributed by atoms with E-state index in [1.807, 2.05) is 18.2 Å². The molecule has 4 heteroatoms. The van der Waals surface area contributed by atoms with E-state index in [0.29, 0.717) is 19.8 Å². The fourth-order valence-corrected chi connectivity index (χ4v) is 2.12. The van der Waals surface area contributed by atoms with Gasteiger partial charge in [-0.25, -0.2) is 0 Å². The van der Waals surface area contributed by atoms with E-state index in [9.17, 15) is 0 Å². The van der Waals surface area contributed by atoms with E-state index < -0.39 is 0 Å². The maximum absolute atomic E-state index is 5.83. The highest BCUT2D eigenvalue weighted by molar-refractivity contribution is 9.09. The summed E-state index contributed by atoms with van der Waals surface area (Å²) in [6.45, 7) is 1.97. The lowest BCUT2D eigenvalue weighted by molar-refractivity contribution is -0.193. The summed E-state index contributed by atoms with van der Waals surface area (Å²) in [6.07, 6.45) is 2.04. The Bertz CT molecular complexity index is 323. The Labute approximate surface area is 117 Å². The third-order valence-corrected chi connectivity index (χ3v) is 3.23. The Morgan fingerprint density at radius 2 is 2.00 bits per heavy atom. The third kappa shape index (κ3) is 4.69. The molecule has 1 heterocycles. The molecule has 18 heavy (non-hydrogen) atoms. The summed E-state index contributed by atoms with van der Waals surface area (Å²) in [7, 11) is 0. The third-order valence-electron chi connectivity index (χ3n) is 2.90. The van der Waals surface area contributed by atoms with E-state index in [2.05, 4.69) is 28.1 Å². The molecular formula is C14H19BrO3. The molecule has 1 saturated heterocycles. The van der Waals surface area contributed by atoms with Crippen LogP contribution in [0.5, 0.6) is 0 Å². The van der Waals surface area contributed by atoms with Crippen molar-refractivity contribution in [2.75, 3.05) is 18.5 Å². The van der Waals surface area contributed by atoms with Gasteiger partial charge in [0.05, 0.1) is 25.9 Å². The maximum Gasteiger partial charge on any atom is 0.157 e. The van der Waals surface area contributed by atoms with Crippen molar-refractivity contribution >= 4 is 15.9 Å². The van der Waals surface area contributed by atoms with Gasteiger partial charge in [-0.3, -0.25) is 0 Å². The number of benzene rings is 1. The number of ether oxygens (including phenoxy) is 3. The van der Waals surface area contributed by atoms with Crippen LogP contribution in [0.3, 0.4) is 0 Å². The second kappa shape index (κ2) is 7.89. The van der Waals surface area contributed by atoms with Gasteiger partial charge in [-0.05, 0) is 12.0 Å². The highest BCUT2D eigenvalue weighted by Gasteiger charge is 2.22. The number of hydrogen-bond acceptors (Lipinski definition) is 3. The molecule has 0 spiro atoms. The fraction of sp³-hybridized carbons (Fsp3) is 0.571. The summed E-state index contributed by atoms with van der Waals surface area (Å²) >= 11 is 3.33. The molecule has 0 aliphatic carbocycles. The molecule has 0 saturated carbocycles. The van der Waals surface area contributed by atoms with Crippen LogP contribution in [0.2, 0.25) is 0 Å². The second-order valence-corrected chi connectivity index (χ2v) is 5.11. The first-order valence-corrected chi connectivity index (χ1v) is 7.45. The van der Waals surface area contributed by atoms with Crippen LogP contribution in [0.25, 0.3) is 0 Å². The quantitative estimate of drug-likeness (QED) is 0.755. The van der Waals surface area contributed by atoms with Crippen LogP contribution in [-0.4, -0.2) is 30.9 Å². The van der Waals surface area contributed by atoms with Crippen molar-refractivity contribution in [3.05, 3.63) is 35.9 Å². The van der Waals surface area contributed by atoms with Crippen molar-refractivity contribution in [3.8, 4) is 0 Å². The van der Waals surface area contributed by atoms with Gasteiger partial charge in [0.1, 0.15) is 0 Å². The molecule has 1 fully saturated rings. The van der Waals surface area contributed by atoms with Gasteiger partial charge < -0.3 is 14.2 Å². The monoisotopic (exact) mass is 314 g/mol. The zero-order chi connectivity index (χ0) is 12.6. The van der Waals surface area contributed by atoms with Gasteiger partial charge in [-0.1, -0.05) is 46.3 Å². The Balaban J connectivity index is 1.65. The molecule has 0 N–H and O–H groups in total.